The van der Waals surface area contributed by atoms with Crippen molar-refractivity contribution in [1.29, 1.82) is 0 Å². The average molecular weight is 357 g/mol. The molecule has 5 heteroatoms. The molecule has 1 aliphatic rings. The van der Waals surface area contributed by atoms with Gasteiger partial charge in [-0.3, -0.25) is 9.59 Å². The highest BCUT2D eigenvalue weighted by Crippen LogP contribution is 2.26. The summed E-state index contributed by atoms with van der Waals surface area (Å²) in [5.41, 5.74) is 7.13. The number of nitrogens with zero attached hydrogens (tertiary/aromatic N) is 1. The first-order chi connectivity index (χ1) is 12.0. The van der Waals surface area contributed by atoms with Crippen LogP contribution >= 0.6 is 11.6 Å². The lowest BCUT2D eigenvalue weighted by Crippen LogP contribution is -2.35. The van der Waals surface area contributed by atoms with Gasteiger partial charge in [0.05, 0.1) is 5.56 Å². The third-order valence-corrected chi connectivity index (χ3v) is 5.02. The lowest BCUT2D eigenvalue weighted by Gasteiger charge is -2.22. The third-order valence-electron chi connectivity index (χ3n) is 4.76. The van der Waals surface area contributed by atoms with E-state index in [4.69, 9.17) is 17.3 Å². The van der Waals surface area contributed by atoms with Crippen LogP contribution in [-0.2, 0) is 0 Å². The van der Waals surface area contributed by atoms with Crippen LogP contribution in [-0.4, -0.2) is 35.7 Å². The van der Waals surface area contributed by atoms with Gasteiger partial charge in [0.1, 0.15) is 0 Å². The minimum atomic E-state index is -0.178. The molecular weight excluding hydrogens is 336 g/mol. The summed E-state index contributed by atoms with van der Waals surface area (Å²) in [5.74, 6) is 0.0299. The number of amides is 1. The molecule has 1 heterocycles. The zero-order valence-corrected chi connectivity index (χ0v) is 14.9. The van der Waals surface area contributed by atoms with Gasteiger partial charge in [-0.1, -0.05) is 29.8 Å². The van der Waals surface area contributed by atoms with E-state index < -0.39 is 0 Å². The van der Waals surface area contributed by atoms with Gasteiger partial charge in [-0.25, -0.2) is 0 Å². The van der Waals surface area contributed by atoms with Crippen molar-refractivity contribution in [3.8, 4) is 0 Å². The van der Waals surface area contributed by atoms with E-state index in [9.17, 15) is 9.59 Å². The fourth-order valence-corrected chi connectivity index (χ4v) is 3.50. The zero-order valence-electron chi connectivity index (χ0n) is 14.1. The SMILES string of the molecule is CC1CC(CN)CN1C(=O)c1ccccc1C(=O)c1ccc(Cl)cc1. The van der Waals surface area contributed by atoms with Crippen LogP contribution in [0.2, 0.25) is 5.02 Å². The predicted molar refractivity (Wildman–Crippen MR) is 99.0 cm³/mol. The highest BCUT2D eigenvalue weighted by molar-refractivity contribution is 6.30. The Balaban J connectivity index is 1.92. The lowest BCUT2D eigenvalue weighted by molar-refractivity contribution is 0.0739. The first-order valence-electron chi connectivity index (χ1n) is 8.41. The maximum atomic E-state index is 13.0. The molecule has 1 aliphatic heterocycles. The number of hydrogen-bond donors (Lipinski definition) is 1. The molecule has 0 radical (unpaired) electrons. The van der Waals surface area contributed by atoms with Gasteiger partial charge in [0.15, 0.2) is 5.78 Å². The molecule has 2 unspecified atom stereocenters. The van der Waals surface area contributed by atoms with Crippen molar-refractivity contribution in [2.75, 3.05) is 13.1 Å². The monoisotopic (exact) mass is 356 g/mol. The van der Waals surface area contributed by atoms with E-state index in [2.05, 4.69) is 0 Å². The van der Waals surface area contributed by atoms with Gasteiger partial charge in [0.25, 0.3) is 5.91 Å². The second kappa shape index (κ2) is 7.38. The molecule has 1 saturated heterocycles. The van der Waals surface area contributed by atoms with E-state index in [0.717, 1.165) is 6.42 Å². The van der Waals surface area contributed by atoms with Crippen molar-refractivity contribution in [2.45, 2.75) is 19.4 Å². The van der Waals surface area contributed by atoms with Crippen molar-refractivity contribution in [3.63, 3.8) is 0 Å². The third kappa shape index (κ3) is 3.60. The van der Waals surface area contributed by atoms with E-state index in [-0.39, 0.29) is 17.7 Å². The Kier molecular flexibility index (Phi) is 5.21. The molecule has 2 aromatic rings. The van der Waals surface area contributed by atoms with Gasteiger partial charge in [-0.2, -0.15) is 0 Å². The molecule has 0 spiro atoms. The molecular formula is C20H21ClN2O2. The average Bonchev–Trinajstić information content (AvgIpc) is 3.02. The van der Waals surface area contributed by atoms with Gasteiger partial charge in [-0.15, -0.1) is 0 Å². The molecule has 3 rings (SSSR count). The summed E-state index contributed by atoms with van der Waals surface area (Å²) >= 11 is 5.89. The Labute approximate surface area is 152 Å². The maximum Gasteiger partial charge on any atom is 0.254 e. The molecule has 4 nitrogen and oxygen atoms in total. The zero-order chi connectivity index (χ0) is 18.0. The van der Waals surface area contributed by atoms with Crippen LogP contribution in [0, 0.1) is 5.92 Å². The van der Waals surface area contributed by atoms with Crippen LogP contribution in [0.3, 0.4) is 0 Å². The standard InChI is InChI=1S/C20H21ClN2O2/c1-13-10-14(11-22)12-23(13)20(25)18-5-3-2-4-17(18)19(24)15-6-8-16(21)9-7-15/h2-9,13-14H,10-12,22H2,1H3. The van der Waals surface area contributed by atoms with Crippen LogP contribution in [0.1, 0.15) is 39.6 Å². The topological polar surface area (TPSA) is 63.4 Å². The number of halogens is 1. The Hall–Kier alpha value is -2.17. The van der Waals surface area contributed by atoms with Crippen LogP contribution in [0.5, 0.6) is 0 Å². The number of rotatable bonds is 4. The molecule has 130 valence electrons. The summed E-state index contributed by atoms with van der Waals surface area (Å²) in [7, 11) is 0. The molecule has 1 fully saturated rings. The lowest BCUT2D eigenvalue weighted by atomic mass is 9.97. The number of hydrogen-bond acceptors (Lipinski definition) is 3. The van der Waals surface area contributed by atoms with Crippen molar-refractivity contribution in [2.24, 2.45) is 11.7 Å². The Morgan fingerprint density at radius 1 is 1.12 bits per heavy atom. The first kappa shape index (κ1) is 17.6. The van der Waals surface area contributed by atoms with E-state index in [1.165, 1.54) is 0 Å². The van der Waals surface area contributed by atoms with Gasteiger partial charge < -0.3 is 10.6 Å². The summed E-state index contributed by atoms with van der Waals surface area (Å²) in [5, 5.41) is 0.569. The fraction of sp³-hybridized carbons (Fsp3) is 0.300. The summed E-state index contributed by atoms with van der Waals surface area (Å²) in [6, 6.07) is 13.8. The number of likely N-dealkylation sites (tertiary alicyclic amines) is 1. The van der Waals surface area contributed by atoms with Gasteiger partial charge in [0, 0.05) is 28.7 Å². The Morgan fingerprint density at radius 2 is 1.76 bits per heavy atom. The fourth-order valence-electron chi connectivity index (χ4n) is 3.38. The summed E-state index contributed by atoms with van der Waals surface area (Å²) in [6.07, 6.45) is 0.898. The highest BCUT2D eigenvalue weighted by Gasteiger charge is 2.33. The number of carbonyl (C=O) groups excluding carboxylic acids is 2. The van der Waals surface area contributed by atoms with Crippen LogP contribution < -0.4 is 5.73 Å². The minimum absolute atomic E-state index is 0.110. The summed E-state index contributed by atoms with van der Waals surface area (Å²) in [4.78, 5) is 27.7. The van der Waals surface area contributed by atoms with Crippen LogP contribution in [0.15, 0.2) is 48.5 Å². The second-order valence-corrected chi connectivity index (χ2v) is 6.96. The van der Waals surface area contributed by atoms with Crippen molar-refractivity contribution in [1.82, 2.24) is 4.90 Å². The van der Waals surface area contributed by atoms with E-state index >= 15 is 0 Å². The van der Waals surface area contributed by atoms with E-state index in [1.807, 2.05) is 11.8 Å². The number of carbonyl (C=O) groups is 2. The Morgan fingerprint density at radius 3 is 2.36 bits per heavy atom. The molecule has 2 N–H and O–H groups in total. The van der Waals surface area contributed by atoms with Gasteiger partial charge in [-0.05, 0) is 56.1 Å². The van der Waals surface area contributed by atoms with Crippen molar-refractivity contribution in [3.05, 3.63) is 70.2 Å². The number of benzene rings is 2. The predicted octanol–water partition coefficient (Wildman–Crippen LogP) is 3.38. The highest BCUT2D eigenvalue weighted by atomic mass is 35.5. The Bertz CT molecular complexity index is 789. The van der Waals surface area contributed by atoms with Crippen LogP contribution in [0.4, 0.5) is 0 Å². The van der Waals surface area contributed by atoms with E-state index in [1.54, 1.807) is 48.5 Å². The molecule has 25 heavy (non-hydrogen) atoms. The quantitative estimate of drug-likeness (QED) is 0.854. The molecule has 0 aromatic heterocycles. The normalized spacial score (nSPS) is 19.9. The second-order valence-electron chi connectivity index (χ2n) is 6.53. The van der Waals surface area contributed by atoms with E-state index in [0.29, 0.717) is 40.7 Å². The smallest absolute Gasteiger partial charge is 0.254 e. The number of nitrogens with two attached hydrogens (primary N) is 1. The largest absolute Gasteiger partial charge is 0.336 e. The summed E-state index contributed by atoms with van der Waals surface area (Å²) < 4.78 is 0. The van der Waals surface area contributed by atoms with Crippen molar-refractivity contribution >= 4 is 23.3 Å². The molecule has 2 atom stereocenters. The number of ketones is 1. The molecule has 0 bridgehead atoms. The van der Waals surface area contributed by atoms with Crippen molar-refractivity contribution < 1.29 is 9.59 Å². The minimum Gasteiger partial charge on any atom is -0.336 e. The van der Waals surface area contributed by atoms with Crippen LogP contribution in [0.25, 0.3) is 0 Å². The van der Waals surface area contributed by atoms with Gasteiger partial charge >= 0.3 is 0 Å². The molecule has 1 amide bonds. The molecule has 0 aliphatic carbocycles. The molecule has 0 saturated carbocycles. The molecule has 2 aromatic carbocycles. The maximum absolute atomic E-state index is 13.0. The summed E-state index contributed by atoms with van der Waals surface area (Å²) in [6.45, 7) is 3.23. The first-order valence-corrected chi connectivity index (χ1v) is 8.79. The van der Waals surface area contributed by atoms with Gasteiger partial charge in [0.2, 0.25) is 0 Å².